The van der Waals surface area contributed by atoms with Crippen molar-refractivity contribution >= 4 is 34.1 Å². The molecular formula is C21H23FN4S. The zero-order valence-electron chi connectivity index (χ0n) is 15.6. The Balaban J connectivity index is 1.49. The van der Waals surface area contributed by atoms with Gasteiger partial charge in [0.2, 0.25) is 0 Å². The fourth-order valence-corrected chi connectivity index (χ4v) is 3.89. The van der Waals surface area contributed by atoms with Crippen LogP contribution in [0, 0.1) is 19.7 Å². The molecule has 0 amide bonds. The number of nitrogens with one attached hydrogen (secondary N) is 2. The topological polar surface area (TPSA) is 44.0 Å². The number of hydrogen-bond acceptors (Lipinski definition) is 2. The SMILES string of the molecule is Cc1cc2nc([C@H]3CCCN(C(=S)Nc4ccc(F)cc4)C3)[nH]c2cc1C. The van der Waals surface area contributed by atoms with E-state index in [0.717, 1.165) is 48.5 Å². The fraction of sp³-hybridized carbons (Fsp3) is 0.333. The number of hydrogen-bond donors (Lipinski definition) is 2. The normalized spacial score (nSPS) is 17.3. The van der Waals surface area contributed by atoms with Crippen LogP contribution in [0.3, 0.4) is 0 Å². The molecule has 4 rings (SSSR count). The third-order valence-electron chi connectivity index (χ3n) is 5.31. The van der Waals surface area contributed by atoms with Crippen molar-refractivity contribution in [1.82, 2.24) is 14.9 Å². The van der Waals surface area contributed by atoms with E-state index in [2.05, 4.69) is 41.2 Å². The molecule has 3 aromatic rings. The van der Waals surface area contributed by atoms with Gasteiger partial charge in [0.25, 0.3) is 0 Å². The van der Waals surface area contributed by atoms with Crippen molar-refractivity contribution in [2.45, 2.75) is 32.6 Å². The Morgan fingerprint density at radius 2 is 1.96 bits per heavy atom. The molecule has 0 unspecified atom stereocenters. The number of fused-ring (bicyclic) bond motifs is 1. The highest BCUT2D eigenvalue weighted by atomic mass is 32.1. The van der Waals surface area contributed by atoms with Gasteiger partial charge in [-0.3, -0.25) is 0 Å². The van der Waals surface area contributed by atoms with Gasteiger partial charge in [-0.2, -0.15) is 0 Å². The number of likely N-dealkylation sites (tertiary alicyclic amines) is 1. The number of imidazole rings is 1. The molecule has 4 nitrogen and oxygen atoms in total. The lowest BCUT2D eigenvalue weighted by atomic mass is 9.98. The predicted molar refractivity (Wildman–Crippen MR) is 112 cm³/mol. The van der Waals surface area contributed by atoms with Gasteiger partial charge in [0.15, 0.2) is 5.11 Å². The minimum atomic E-state index is -0.250. The maximum absolute atomic E-state index is 13.1. The number of aromatic nitrogens is 2. The number of benzene rings is 2. The Labute approximate surface area is 163 Å². The van der Waals surface area contributed by atoms with Crippen molar-refractivity contribution in [3.8, 4) is 0 Å². The van der Waals surface area contributed by atoms with E-state index in [-0.39, 0.29) is 5.82 Å². The van der Waals surface area contributed by atoms with Crippen LogP contribution in [0.4, 0.5) is 10.1 Å². The molecule has 0 saturated carbocycles. The van der Waals surface area contributed by atoms with E-state index >= 15 is 0 Å². The number of rotatable bonds is 2. The first-order chi connectivity index (χ1) is 13.0. The van der Waals surface area contributed by atoms with E-state index in [4.69, 9.17) is 17.2 Å². The van der Waals surface area contributed by atoms with Gasteiger partial charge < -0.3 is 15.2 Å². The molecular weight excluding hydrogens is 359 g/mol. The van der Waals surface area contributed by atoms with Crippen LogP contribution in [-0.4, -0.2) is 33.1 Å². The fourth-order valence-electron chi connectivity index (χ4n) is 3.60. The molecule has 1 saturated heterocycles. The summed E-state index contributed by atoms with van der Waals surface area (Å²) in [4.78, 5) is 10.5. The number of piperidine rings is 1. The average Bonchev–Trinajstić information content (AvgIpc) is 3.07. The van der Waals surface area contributed by atoms with E-state index in [9.17, 15) is 4.39 Å². The summed E-state index contributed by atoms with van der Waals surface area (Å²) in [5, 5.41) is 3.89. The van der Waals surface area contributed by atoms with Crippen molar-refractivity contribution in [2.24, 2.45) is 0 Å². The maximum atomic E-state index is 13.1. The van der Waals surface area contributed by atoms with Crippen molar-refractivity contribution in [1.29, 1.82) is 0 Å². The van der Waals surface area contributed by atoms with Crippen LogP contribution in [0.1, 0.15) is 35.7 Å². The Kier molecular flexibility index (Phi) is 4.83. The predicted octanol–water partition coefficient (Wildman–Crippen LogP) is 4.90. The molecule has 0 spiro atoms. The van der Waals surface area contributed by atoms with Crippen molar-refractivity contribution in [2.75, 3.05) is 18.4 Å². The summed E-state index contributed by atoms with van der Waals surface area (Å²) >= 11 is 5.58. The van der Waals surface area contributed by atoms with Crippen LogP contribution in [0.5, 0.6) is 0 Å². The molecule has 1 fully saturated rings. The molecule has 1 aromatic heterocycles. The van der Waals surface area contributed by atoms with Gasteiger partial charge in [-0.15, -0.1) is 0 Å². The highest BCUT2D eigenvalue weighted by Gasteiger charge is 2.25. The number of thiocarbonyl (C=S) groups is 1. The third-order valence-corrected chi connectivity index (χ3v) is 5.67. The van der Waals surface area contributed by atoms with Gasteiger partial charge in [-0.1, -0.05) is 0 Å². The Morgan fingerprint density at radius 3 is 2.74 bits per heavy atom. The van der Waals surface area contributed by atoms with Crippen LogP contribution in [-0.2, 0) is 0 Å². The Hall–Kier alpha value is -2.47. The van der Waals surface area contributed by atoms with E-state index < -0.39 is 0 Å². The summed E-state index contributed by atoms with van der Waals surface area (Å²) < 4.78 is 13.1. The van der Waals surface area contributed by atoms with Crippen molar-refractivity contribution in [3.05, 3.63) is 59.2 Å². The minimum Gasteiger partial charge on any atom is -0.348 e. The van der Waals surface area contributed by atoms with Crippen LogP contribution >= 0.6 is 12.2 Å². The summed E-state index contributed by atoms with van der Waals surface area (Å²) in [6.07, 6.45) is 2.15. The number of aryl methyl sites for hydroxylation is 2. The van der Waals surface area contributed by atoms with Gasteiger partial charge in [0.1, 0.15) is 11.6 Å². The molecule has 0 radical (unpaired) electrons. The van der Waals surface area contributed by atoms with Crippen LogP contribution in [0.15, 0.2) is 36.4 Å². The molecule has 2 aromatic carbocycles. The molecule has 6 heteroatoms. The summed E-state index contributed by atoms with van der Waals surface area (Å²) in [5.74, 6) is 1.10. The second-order valence-electron chi connectivity index (χ2n) is 7.30. The van der Waals surface area contributed by atoms with Crippen molar-refractivity contribution in [3.63, 3.8) is 0 Å². The summed E-state index contributed by atoms with van der Waals surface area (Å²) in [5.41, 5.74) is 5.45. The second-order valence-corrected chi connectivity index (χ2v) is 7.68. The van der Waals surface area contributed by atoms with Crippen LogP contribution in [0.2, 0.25) is 0 Å². The lowest BCUT2D eigenvalue weighted by Gasteiger charge is -2.33. The molecule has 27 heavy (non-hydrogen) atoms. The molecule has 1 aliphatic rings. The third kappa shape index (κ3) is 3.81. The molecule has 1 aliphatic heterocycles. The second kappa shape index (κ2) is 7.27. The average molecular weight is 383 g/mol. The van der Waals surface area contributed by atoms with Gasteiger partial charge >= 0.3 is 0 Å². The van der Waals surface area contributed by atoms with Crippen molar-refractivity contribution < 1.29 is 4.39 Å². The quantitative estimate of drug-likeness (QED) is 0.619. The smallest absolute Gasteiger partial charge is 0.173 e. The number of nitrogens with zero attached hydrogens (tertiary/aromatic N) is 2. The summed E-state index contributed by atoms with van der Waals surface area (Å²) in [6.45, 7) is 5.98. The largest absolute Gasteiger partial charge is 0.348 e. The molecule has 1 atom stereocenters. The number of anilines is 1. The maximum Gasteiger partial charge on any atom is 0.173 e. The number of halogens is 1. The molecule has 0 bridgehead atoms. The molecule has 2 heterocycles. The van der Waals surface area contributed by atoms with E-state index in [0.29, 0.717) is 11.0 Å². The van der Waals surface area contributed by atoms with Gasteiger partial charge in [0, 0.05) is 24.7 Å². The lowest BCUT2D eigenvalue weighted by molar-refractivity contribution is 0.307. The summed E-state index contributed by atoms with van der Waals surface area (Å²) in [7, 11) is 0. The first-order valence-electron chi connectivity index (χ1n) is 9.28. The van der Waals surface area contributed by atoms with E-state index in [1.165, 1.54) is 23.3 Å². The van der Waals surface area contributed by atoms with Gasteiger partial charge in [-0.05, 0) is 86.4 Å². The first-order valence-corrected chi connectivity index (χ1v) is 9.69. The summed E-state index contributed by atoms with van der Waals surface area (Å²) in [6, 6.07) is 10.6. The first kappa shape index (κ1) is 17.9. The lowest BCUT2D eigenvalue weighted by Crippen LogP contribution is -2.41. The van der Waals surface area contributed by atoms with E-state index in [1.807, 2.05) is 0 Å². The zero-order chi connectivity index (χ0) is 19.0. The highest BCUT2D eigenvalue weighted by molar-refractivity contribution is 7.80. The minimum absolute atomic E-state index is 0.250. The van der Waals surface area contributed by atoms with Gasteiger partial charge in [0.05, 0.1) is 11.0 Å². The Bertz CT molecular complexity index is 941. The van der Waals surface area contributed by atoms with E-state index in [1.54, 1.807) is 12.1 Å². The highest BCUT2D eigenvalue weighted by Crippen LogP contribution is 2.28. The van der Waals surface area contributed by atoms with Crippen LogP contribution in [0.25, 0.3) is 11.0 Å². The van der Waals surface area contributed by atoms with Crippen LogP contribution < -0.4 is 5.32 Å². The number of H-pyrrole nitrogens is 1. The molecule has 140 valence electrons. The monoisotopic (exact) mass is 382 g/mol. The number of aromatic amines is 1. The Morgan fingerprint density at radius 1 is 1.22 bits per heavy atom. The molecule has 0 aliphatic carbocycles. The van der Waals surface area contributed by atoms with Gasteiger partial charge in [-0.25, -0.2) is 9.37 Å². The standard InChI is InChI=1S/C21H23FN4S/c1-13-10-18-19(11-14(13)2)25-20(24-18)15-4-3-9-26(12-15)21(27)23-17-7-5-16(22)6-8-17/h5-8,10-11,15H,3-4,9,12H2,1-2H3,(H,23,27)(H,24,25)/t15-/m0/s1. The zero-order valence-corrected chi connectivity index (χ0v) is 16.4. The molecule has 2 N–H and O–H groups in total.